The molecule has 1 aliphatic rings. The highest BCUT2D eigenvalue weighted by atomic mass is 16.2. The molecule has 1 heterocycles. The molecule has 23 heavy (non-hydrogen) atoms. The predicted molar refractivity (Wildman–Crippen MR) is 92.5 cm³/mol. The molecule has 0 radical (unpaired) electrons. The lowest BCUT2D eigenvalue weighted by molar-refractivity contribution is -0.130. The van der Waals surface area contributed by atoms with Gasteiger partial charge in [-0.15, -0.1) is 0 Å². The molecule has 1 aromatic carbocycles. The molecule has 2 amide bonds. The standard InChI is InChI=1S/C19H28N2O2/c1-4-15(3)16-7-9-17(10-8-16)19(23)21-12-6-11-20(13-14-21)18(22)5-2/h7-10,15H,4-6,11-14H2,1-3H3. The highest BCUT2D eigenvalue weighted by Gasteiger charge is 2.22. The molecule has 0 bridgehead atoms. The van der Waals surface area contributed by atoms with Gasteiger partial charge in [0.1, 0.15) is 0 Å². The van der Waals surface area contributed by atoms with Crippen molar-refractivity contribution in [2.24, 2.45) is 0 Å². The van der Waals surface area contributed by atoms with Crippen LogP contribution in [0, 0.1) is 0 Å². The number of hydrogen-bond donors (Lipinski definition) is 0. The molecule has 0 N–H and O–H groups in total. The molecule has 0 saturated carbocycles. The summed E-state index contributed by atoms with van der Waals surface area (Å²) in [6.07, 6.45) is 2.48. The third-order valence-corrected chi connectivity index (χ3v) is 4.78. The number of carbonyl (C=O) groups is 2. The Hall–Kier alpha value is -1.84. The smallest absolute Gasteiger partial charge is 0.253 e. The van der Waals surface area contributed by atoms with Gasteiger partial charge in [0.25, 0.3) is 5.91 Å². The number of amides is 2. The van der Waals surface area contributed by atoms with Crippen molar-refractivity contribution < 1.29 is 9.59 Å². The van der Waals surface area contributed by atoms with Gasteiger partial charge in [0.2, 0.25) is 5.91 Å². The zero-order valence-electron chi connectivity index (χ0n) is 14.5. The van der Waals surface area contributed by atoms with E-state index >= 15 is 0 Å². The molecule has 2 rings (SSSR count). The van der Waals surface area contributed by atoms with Crippen LogP contribution in [0.4, 0.5) is 0 Å². The van der Waals surface area contributed by atoms with E-state index in [4.69, 9.17) is 0 Å². The van der Waals surface area contributed by atoms with Crippen LogP contribution in [0.2, 0.25) is 0 Å². The fourth-order valence-corrected chi connectivity index (χ4v) is 2.97. The Kier molecular flexibility index (Phi) is 6.20. The molecule has 4 nitrogen and oxygen atoms in total. The van der Waals surface area contributed by atoms with Crippen molar-refractivity contribution in [3.05, 3.63) is 35.4 Å². The zero-order valence-corrected chi connectivity index (χ0v) is 14.5. The monoisotopic (exact) mass is 316 g/mol. The minimum absolute atomic E-state index is 0.0755. The van der Waals surface area contributed by atoms with Crippen LogP contribution in [-0.4, -0.2) is 47.8 Å². The molecule has 1 aliphatic heterocycles. The molecule has 1 atom stereocenters. The summed E-state index contributed by atoms with van der Waals surface area (Å²) >= 11 is 0. The van der Waals surface area contributed by atoms with Crippen molar-refractivity contribution in [1.82, 2.24) is 9.80 Å². The fraction of sp³-hybridized carbons (Fsp3) is 0.579. The number of benzene rings is 1. The number of nitrogens with zero attached hydrogens (tertiary/aromatic N) is 2. The van der Waals surface area contributed by atoms with Crippen molar-refractivity contribution in [3.8, 4) is 0 Å². The van der Waals surface area contributed by atoms with Crippen molar-refractivity contribution >= 4 is 11.8 Å². The van der Waals surface area contributed by atoms with Crippen LogP contribution in [0.25, 0.3) is 0 Å². The molecule has 0 aromatic heterocycles. The Morgan fingerprint density at radius 2 is 1.61 bits per heavy atom. The van der Waals surface area contributed by atoms with E-state index in [1.165, 1.54) is 5.56 Å². The Labute approximate surface area is 139 Å². The molecule has 1 unspecified atom stereocenters. The quantitative estimate of drug-likeness (QED) is 0.855. The lowest BCUT2D eigenvalue weighted by Crippen LogP contribution is -2.37. The van der Waals surface area contributed by atoms with Crippen molar-refractivity contribution in [2.45, 2.75) is 46.0 Å². The van der Waals surface area contributed by atoms with Crippen molar-refractivity contribution in [1.29, 1.82) is 0 Å². The van der Waals surface area contributed by atoms with Crippen molar-refractivity contribution in [2.75, 3.05) is 26.2 Å². The van der Waals surface area contributed by atoms with Gasteiger partial charge in [0.05, 0.1) is 0 Å². The van der Waals surface area contributed by atoms with Crippen LogP contribution in [0.5, 0.6) is 0 Å². The first-order chi connectivity index (χ1) is 11.1. The minimum Gasteiger partial charge on any atom is -0.341 e. The van der Waals surface area contributed by atoms with Crippen LogP contribution in [0.15, 0.2) is 24.3 Å². The zero-order chi connectivity index (χ0) is 16.8. The molecular formula is C19H28N2O2. The van der Waals surface area contributed by atoms with Crippen LogP contribution >= 0.6 is 0 Å². The Morgan fingerprint density at radius 3 is 2.22 bits per heavy atom. The lowest BCUT2D eigenvalue weighted by Gasteiger charge is -2.22. The number of rotatable bonds is 4. The summed E-state index contributed by atoms with van der Waals surface area (Å²) in [5, 5.41) is 0. The van der Waals surface area contributed by atoms with Gasteiger partial charge in [-0.25, -0.2) is 0 Å². The molecular weight excluding hydrogens is 288 g/mol. The number of hydrogen-bond acceptors (Lipinski definition) is 2. The number of carbonyl (C=O) groups excluding carboxylic acids is 2. The van der Waals surface area contributed by atoms with E-state index in [-0.39, 0.29) is 11.8 Å². The van der Waals surface area contributed by atoms with Crippen LogP contribution in [-0.2, 0) is 4.79 Å². The Balaban J connectivity index is 2.01. The van der Waals surface area contributed by atoms with Gasteiger partial charge in [0.15, 0.2) is 0 Å². The average molecular weight is 316 g/mol. The molecule has 126 valence electrons. The van der Waals surface area contributed by atoms with Gasteiger partial charge >= 0.3 is 0 Å². The van der Waals surface area contributed by atoms with Crippen LogP contribution in [0.3, 0.4) is 0 Å². The van der Waals surface area contributed by atoms with E-state index in [2.05, 4.69) is 26.0 Å². The summed E-state index contributed by atoms with van der Waals surface area (Å²) in [6.45, 7) is 8.99. The Bertz CT molecular complexity index is 539. The van der Waals surface area contributed by atoms with Gasteiger partial charge in [-0.1, -0.05) is 32.9 Å². The van der Waals surface area contributed by atoms with E-state index in [0.29, 0.717) is 25.4 Å². The Morgan fingerprint density at radius 1 is 1.00 bits per heavy atom. The van der Waals surface area contributed by atoms with Crippen LogP contribution < -0.4 is 0 Å². The first-order valence-electron chi connectivity index (χ1n) is 8.73. The third-order valence-electron chi connectivity index (χ3n) is 4.78. The third kappa shape index (κ3) is 4.34. The topological polar surface area (TPSA) is 40.6 Å². The second kappa shape index (κ2) is 8.14. The van der Waals surface area contributed by atoms with E-state index in [9.17, 15) is 9.59 Å². The molecule has 1 aromatic rings. The largest absolute Gasteiger partial charge is 0.341 e. The summed E-state index contributed by atoms with van der Waals surface area (Å²) in [7, 11) is 0. The summed E-state index contributed by atoms with van der Waals surface area (Å²) in [5.41, 5.74) is 2.02. The van der Waals surface area contributed by atoms with Crippen molar-refractivity contribution in [3.63, 3.8) is 0 Å². The van der Waals surface area contributed by atoms with Gasteiger partial charge < -0.3 is 9.80 Å². The summed E-state index contributed by atoms with van der Waals surface area (Å²) in [4.78, 5) is 28.2. The minimum atomic E-state index is 0.0755. The second-order valence-electron chi connectivity index (χ2n) is 6.31. The summed E-state index contributed by atoms with van der Waals surface area (Å²) in [6, 6.07) is 7.99. The van der Waals surface area contributed by atoms with Gasteiger partial charge in [0, 0.05) is 38.2 Å². The second-order valence-corrected chi connectivity index (χ2v) is 6.31. The predicted octanol–water partition coefficient (Wildman–Crippen LogP) is 3.28. The summed E-state index contributed by atoms with van der Waals surface area (Å²) < 4.78 is 0. The van der Waals surface area contributed by atoms with Gasteiger partial charge in [-0.2, -0.15) is 0 Å². The maximum Gasteiger partial charge on any atom is 0.253 e. The molecule has 0 aliphatic carbocycles. The first-order valence-corrected chi connectivity index (χ1v) is 8.73. The van der Waals surface area contributed by atoms with Gasteiger partial charge in [-0.3, -0.25) is 9.59 Å². The van der Waals surface area contributed by atoms with E-state index in [1.54, 1.807) is 0 Å². The van der Waals surface area contributed by atoms with Gasteiger partial charge in [-0.05, 0) is 36.5 Å². The highest BCUT2D eigenvalue weighted by Crippen LogP contribution is 2.19. The van der Waals surface area contributed by atoms with E-state index in [0.717, 1.165) is 31.5 Å². The highest BCUT2D eigenvalue weighted by molar-refractivity contribution is 5.94. The normalized spacial score (nSPS) is 16.8. The molecule has 1 saturated heterocycles. The maximum atomic E-state index is 12.7. The average Bonchev–Trinajstić information content (AvgIpc) is 2.86. The lowest BCUT2D eigenvalue weighted by atomic mass is 9.97. The van der Waals surface area contributed by atoms with E-state index in [1.807, 2.05) is 28.9 Å². The molecule has 4 heteroatoms. The SMILES string of the molecule is CCC(=O)N1CCCN(C(=O)c2ccc(C(C)CC)cc2)CC1. The van der Waals surface area contributed by atoms with Crippen LogP contribution in [0.1, 0.15) is 61.9 Å². The van der Waals surface area contributed by atoms with E-state index < -0.39 is 0 Å². The fourth-order valence-electron chi connectivity index (χ4n) is 2.97. The maximum absolute atomic E-state index is 12.7. The first kappa shape index (κ1) is 17.5. The molecule has 0 spiro atoms. The molecule has 1 fully saturated rings. The summed E-state index contributed by atoms with van der Waals surface area (Å²) in [5.74, 6) is 0.773.